The van der Waals surface area contributed by atoms with E-state index in [9.17, 15) is 0 Å². The molecule has 98 valence electrons. The second-order valence-electron chi connectivity index (χ2n) is 4.38. The van der Waals surface area contributed by atoms with Crippen LogP contribution in [0.2, 0.25) is 0 Å². The number of aromatic nitrogens is 2. The van der Waals surface area contributed by atoms with Gasteiger partial charge in [-0.2, -0.15) is 0 Å². The van der Waals surface area contributed by atoms with Crippen molar-refractivity contribution in [3.8, 4) is 0 Å². The molecule has 18 heavy (non-hydrogen) atoms. The fourth-order valence-corrected chi connectivity index (χ4v) is 2.00. The van der Waals surface area contributed by atoms with Crippen LogP contribution in [0.3, 0.4) is 0 Å². The van der Waals surface area contributed by atoms with Gasteiger partial charge in [0.25, 0.3) is 0 Å². The molecule has 1 saturated heterocycles. The fourth-order valence-electron chi connectivity index (χ4n) is 2.00. The summed E-state index contributed by atoms with van der Waals surface area (Å²) < 4.78 is 5.43. The van der Waals surface area contributed by atoms with E-state index in [0.717, 1.165) is 30.9 Å². The molecule has 1 aliphatic heterocycles. The molecule has 0 aliphatic carbocycles. The van der Waals surface area contributed by atoms with E-state index in [4.69, 9.17) is 15.9 Å². The number of nitrogens with one attached hydrogen (secondary N) is 1. The Morgan fingerprint density at radius 1 is 1.61 bits per heavy atom. The average molecular weight is 249 g/mol. The van der Waals surface area contributed by atoms with Gasteiger partial charge in [-0.05, 0) is 6.42 Å². The Bertz CT molecular complexity index is 423. The third-order valence-corrected chi connectivity index (χ3v) is 2.95. The minimum Gasteiger partial charge on any atom is -0.385 e. The second kappa shape index (κ2) is 5.77. The molecule has 1 atom stereocenters. The Balaban J connectivity index is 2.10. The molecule has 0 saturated carbocycles. The maximum atomic E-state index is 7.44. The molecule has 1 unspecified atom stereocenters. The van der Waals surface area contributed by atoms with E-state index in [0.29, 0.717) is 13.2 Å². The van der Waals surface area contributed by atoms with Gasteiger partial charge < -0.3 is 15.4 Å². The highest BCUT2D eigenvalue weighted by atomic mass is 16.5. The molecule has 0 amide bonds. The zero-order valence-electron chi connectivity index (χ0n) is 10.6. The summed E-state index contributed by atoms with van der Waals surface area (Å²) in [5.41, 5.74) is 6.53. The van der Waals surface area contributed by atoms with Gasteiger partial charge in [-0.1, -0.05) is 13.3 Å². The summed E-state index contributed by atoms with van der Waals surface area (Å²) in [6, 6.07) is 2.01. The minimum absolute atomic E-state index is 0.0718. The fraction of sp³-hybridized carbons (Fsp3) is 0.583. The number of amidine groups is 1. The molecule has 1 aromatic heterocycles. The van der Waals surface area contributed by atoms with Crippen molar-refractivity contribution in [1.82, 2.24) is 9.97 Å². The lowest BCUT2D eigenvalue weighted by molar-refractivity contribution is 0.0823. The first kappa shape index (κ1) is 12.8. The van der Waals surface area contributed by atoms with E-state index in [1.54, 1.807) is 6.33 Å². The summed E-state index contributed by atoms with van der Waals surface area (Å²) in [6.45, 7) is 4.05. The summed E-state index contributed by atoms with van der Waals surface area (Å²) >= 11 is 0. The van der Waals surface area contributed by atoms with Crippen molar-refractivity contribution in [2.45, 2.75) is 25.9 Å². The molecule has 1 aliphatic rings. The highest BCUT2D eigenvalue weighted by Gasteiger charge is 2.23. The van der Waals surface area contributed by atoms with E-state index in [-0.39, 0.29) is 11.9 Å². The van der Waals surface area contributed by atoms with Gasteiger partial charge in [-0.15, -0.1) is 0 Å². The quantitative estimate of drug-likeness (QED) is 0.601. The smallest absolute Gasteiger partial charge is 0.132 e. The highest BCUT2D eigenvalue weighted by molar-refractivity contribution is 5.82. The highest BCUT2D eigenvalue weighted by Crippen LogP contribution is 2.16. The Labute approximate surface area is 107 Å². The number of morpholine rings is 1. The topological polar surface area (TPSA) is 88.1 Å². The number of hydrogen-bond donors (Lipinski definition) is 2. The first-order valence-corrected chi connectivity index (χ1v) is 6.22. The van der Waals surface area contributed by atoms with Crippen molar-refractivity contribution in [2.24, 2.45) is 5.73 Å². The van der Waals surface area contributed by atoms with Crippen molar-refractivity contribution in [2.75, 3.05) is 24.6 Å². The predicted octanol–water partition coefficient (Wildman–Crippen LogP) is 0.570. The van der Waals surface area contributed by atoms with Crippen molar-refractivity contribution in [3.05, 3.63) is 18.1 Å². The van der Waals surface area contributed by atoms with E-state index in [2.05, 4.69) is 21.8 Å². The lowest BCUT2D eigenvalue weighted by atomic mass is 10.2. The standard InChI is InChI=1S/C12H19N5O/c1-2-3-9-6-11(16-8-15-9)17-4-5-18-10(7-17)12(13)14/h6,8,10H,2-5,7H2,1H3,(H3,13,14). The summed E-state index contributed by atoms with van der Waals surface area (Å²) in [5.74, 6) is 0.963. The summed E-state index contributed by atoms with van der Waals surface area (Å²) in [4.78, 5) is 10.6. The minimum atomic E-state index is -0.330. The molecule has 2 heterocycles. The Kier molecular flexibility index (Phi) is 4.09. The molecule has 1 aromatic rings. The number of rotatable bonds is 4. The van der Waals surface area contributed by atoms with E-state index >= 15 is 0 Å². The molecule has 2 rings (SSSR count). The molecular weight excluding hydrogens is 230 g/mol. The largest absolute Gasteiger partial charge is 0.385 e. The Morgan fingerprint density at radius 3 is 3.17 bits per heavy atom. The average Bonchev–Trinajstić information content (AvgIpc) is 2.39. The predicted molar refractivity (Wildman–Crippen MR) is 69.9 cm³/mol. The van der Waals surface area contributed by atoms with Gasteiger partial charge in [-0.3, -0.25) is 5.41 Å². The first-order chi connectivity index (χ1) is 8.70. The lowest BCUT2D eigenvalue weighted by Gasteiger charge is -2.33. The third kappa shape index (κ3) is 2.95. The van der Waals surface area contributed by atoms with Crippen LogP contribution in [0.5, 0.6) is 0 Å². The molecule has 6 heteroatoms. The SMILES string of the molecule is CCCc1cc(N2CCOC(C(=N)N)C2)ncn1. The maximum absolute atomic E-state index is 7.44. The normalized spacial score (nSPS) is 19.8. The van der Waals surface area contributed by atoms with Gasteiger partial charge in [0.15, 0.2) is 0 Å². The zero-order chi connectivity index (χ0) is 13.0. The zero-order valence-corrected chi connectivity index (χ0v) is 10.6. The number of hydrogen-bond acceptors (Lipinski definition) is 5. The molecule has 0 aromatic carbocycles. The van der Waals surface area contributed by atoms with Gasteiger partial charge in [0.05, 0.1) is 13.2 Å². The van der Waals surface area contributed by atoms with Crippen molar-refractivity contribution in [3.63, 3.8) is 0 Å². The van der Waals surface area contributed by atoms with Crippen molar-refractivity contribution >= 4 is 11.7 Å². The van der Waals surface area contributed by atoms with Crippen molar-refractivity contribution in [1.29, 1.82) is 5.41 Å². The number of ether oxygens (including phenoxy) is 1. The van der Waals surface area contributed by atoms with Crippen LogP contribution in [0, 0.1) is 5.41 Å². The van der Waals surface area contributed by atoms with Crippen molar-refractivity contribution < 1.29 is 4.74 Å². The van der Waals surface area contributed by atoms with E-state index in [1.807, 2.05) is 6.07 Å². The van der Waals surface area contributed by atoms with E-state index in [1.165, 1.54) is 0 Å². The number of aryl methyl sites for hydroxylation is 1. The van der Waals surface area contributed by atoms with Crippen LogP contribution in [0.25, 0.3) is 0 Å². The Hall–Kier alpha value is -1.69. The summed E-state index contributed by atoms with van der Waals surface area (Å²) in [7, 11) is 0. The summed E-state index contributed by atoms with van der Waals surface area (Å²) in [5, 5.41) is 7.44. The van der Waals surface area contributed by atoms with Gasteiger partial charge in [0.1, 0.15) is 24.1 Å². The molecule has 0 radical (unpaired) electrons. The molecule has 1 fully saturated rings. The molecule has 0 spiro atoms. The molecule has 6 nitrogen and oxygen atoms in total. The molecular formula is C12H19N5O. The van der Waals surface area contributed by atoms with Crippen LogP contribution in [0.4, 0.5) is 5.82 Å². The number of nitrogens with two attached hydrogens (primary N) is 1. The third-order valence-electron chi connectivity index (χ3n) is 2.95. The monoisotopic (exact) mass is 249 g/mol. The number of anilines is 1. The van der Waals surface area contributed by atoms with E-state index < -0.39 is 0 Å². The van der Waals surface area contributed by atoms with Crippen LogP contribution in [-0.2, 0) is 11.2 Å². The van der Waals surface area contributed by atoms with Crippen LogP contribution < -0.4 is 10.6 Å². The van der Waals surface area contributed by atoms with Crippen LogP contribution >= 0.6 is 0 Å². The van der Waals surface area contributed by atoms with Crippen LogP contribution in [0.15, 0.2) is 12.4 Å². The van der Waals surface area contributed by atoms with Gasteiger partial charge in [0.2, 0.25) is 0 Å². The lowest BCUT2D eigenvalue weighted by Crippen LogP contribution is -2.48. The van der Waals surface area contributed by atoms with Gasteiger partial charge in [-0.25, -0.2) is 9.97 Å². The van der Waals surface area contributed by atoms with Crippen LogP contribution in [0.1, 0.15) is 19.0 Å². The first-order valence-electron chi connectivity index (χ1n) is 6.22. The van der Waals surface area contributed by atoms with Crippen LogP contribution in [-0.4, -0.2) is 41.6 Å². The molecule has 0 bridgehead atoms. The van der Waals surface area contributed by atoms with Gasteiger partial charge in [0, 0.05) is 18.3 Å². The molecule has 3 N–H and O–H groups in total. The van der Waals surface area contributed by atoms with Gasteiger partial charge >= 0.3 is 0 Å². The summed E-state index contributed by atoms with van der Waals surface area (Å²) in [6.07, 6.45) is 3.29. The maximum Gasteiger partial charge on any atom is 0.132 e. The number of nitrogens with zero attached hydrogens (tertiary/aromatic N) is 3. The Morgan fingerprint density at radius 2 is 2.44 bits per heavy atom. The second-order valence-corrected chi connectivity index (χ2v) is 4.38.